The van der Waals surface area contributed by atoms with Crippen molar-refractivity contribution >= 4 is 5.91 Å². The van der Waals surface area contributed by atoms with Crippen molar-refractivity contribution < 1.29 is 25.2 Å². The van der Waals surface area contributed by atoms with Crippen LogP contribution in [-0.2, 0) is 4.79 Å². The van der Waals surface area contributed by atoms with Gasteiger partial charge in [-0.25, -0.2) is 0 Å². The van der Waals surface area contributed by atoms with E-state index < -0.39 is 36.9 Å². The van der Waals surface area contributed by atoms with Crippen LogP contribution in [0.4, 0.5) is 0 Å². The Morgan fingerprint density at radius 1 is 0.444 bits per heavy atom. The van der Waals surface area contributed by atoms with Crippen molar-refractivity contribution in [2.75, 3.05) is 6.61 Å². The lowest BCUT2D eigenvalue weighted by Gasteiger charge is -2.27. The molecule has 0 aromatic rings. The largest absolute Gasteiger partial charge is 0.394 e. The van der Waals surface area contributed by atoms with Gasteiger partial charge in [0.2, 0.25) is 5.91 Å². The van der Waals surface area contributed by atoms with Crippen LogP contribution in [0.3, 0.4) is 0 Å². The Balaban J connectivity index is 3.69. The lowest BCUT2D eigenvalue weighted by Crippen LogP contribution is -2.53. The Bertz CT molecular complexity index is 858. The molecule has 4 atom stereocenters. The van der Waals surface area contributed by atoms with E-state index in [0.717, 1.165) is 57.8 Å². The van der Waals surface area contributed by atoms with Gasteiger partial charge in [-0.1, -0.05) is 211 Å². The van der Waals surface area contributed by atoms with Gasteiger partial charge >= 0.3 is 0 Å². The number of carbonyl (C=O) groups excluding carboxylic acids is 1. The molecule has 5 N–H and O–H groups in total. The summed E-state index contributed by atoms with van der Waals surface area (Å²) in [5.74, 6) is -0.598. The molecule has 0 radical (unpaired) electrons. The van der Waals surface area contributed by atoms with Crippen molar-refractivity contribution in [3.05, 3.63) is 36.5 Å². The summed E-state index contributed by atoms with van der Waals surface area (Å²) < 4.78 is 0. The molecule has 0 aliphatic heterocycles. The standard InChI is InChI=1S/C48H91NO5/c1-3-5-7-9-11-13-15-17-19-20-21-22-23-24-25-26-27-28-30-32-34-36-38-40-42-46(52)48(54)49-44(43-50)47(53)45(51)41-39-37-35-33-31-29-18-16-14-12-10-8-6-4-2/h8,10,16,18,33,35,44-47,50-53H,3-7,9,11-15,17,19-32,34,36-43H2,1-2H3,(H,49,54)/b10-8+,18-16+,35-33+. The molecule has 0 saturated heterocycles. The number of carbonyl (C=O) groups is 1. The highest BCUT2D eigenvalue weighted by molar-refractivity contribution is 5.80. The molecule has 0 spiro atoms. The van der Waals surface area contributed by atoms with Crippen molar-refractivity contribution in [1.82, 2.24) is 5.32 Å². The highest BCUT2D eigenvalue weighted by Crippen LogP contribution is 2.17. The van der Waals surface area contributed by atoms with E-state index in [9.17, 15) is 25.2 Å². The van der Waals surface area contributed by atoms with E-state index in [1.807, 2.05) is 0 Å². The lowest BCUT2D eigenvalue weighted by molar-refractivity contribution is -0.132. The Kier molecular flexibility index (Phi) is 41.5. The summed E-state index contributed by atoms with van der Waals surface area (Å²) in [5, 5.41) is 43.6. The molecular formula is C48H91NO5. The smallest absolute Gasteiger partial charge is 0.249 e. The minimum atomic E-state index is -1.29. The van der Waals surface area contributed by atoms with E-state index in [1.165, 1.54) is 141 Å². The molecule has 0 aromatic carbocycles. The Morgan fingerprint density at radius 3 is 1.17 bits per heavy atom. The number of aliphatic hydroxyl groups is 4. The highest BCUT2D eigenvalue weighted by atomic mass is 16.3. The third-order valence-corrected chi connectivity index (χ3v) is 10.8. The molecule has 6 heteroatoms. The topological polar surface area (TPSA) is 110 Å². The number of amides is 1. The van der Waals surface area contributed by atoms with E-state index in [0.29, 0.717) is 19.3 Å². The molecule has 0 bridgehead atoms. The van der Waals surface area contributed by atoms with Gasteiger partial charge in [0.15, 0.2) is 0 Å². The van der Waals surface area contributed by atoms with Crippen LogP contribution in [0.2, 0.25) is 0 Å². The maximum Gasteiger partial charge on any atom is 0.249 e. The SMILES string of the molecule is CCC/C=C/CC/C=C/CC/C=C/CCCC(O)C(O)C(CO)NC(=O)C(O)CCCCCCCCCCCCCCCCCCCCCCCCCC. The van der Waals surface area contributed by atoms with Crippen LogP contribution in [0.25, 0.3) is 0 Å². The molecule has 4 unspecified atom stereocenters. The van der Waals surface area contributed by atoms with E-state index in [2.05, 4.69) is 55.6 Å². The van der Waals surface area contributed by atoms with E-state index in [4.69, 9.17) is 0 Å². The van der Waals surface area contributed by atoms with Gasteiger partial charge in [-0.05, 0) is 57.8 Å². The lowest BCUT2D eigenvalue weighted by atomic mass is 10.00. The van der Waals surface area contributed by atoms with Gasteiger partial charge in [0.05, 0.1) is 18.8 Å². The van der Waals surface area contributed by atoms with E-state index in [1.54, 1.807) is 0 Å². The third-order valence-electron chi connectivity index (χ3n) is 10.8. The van der Waals surface area contributed by atoms with Gasteiger partial charge < -0.3 is 25.7 Å². The first-order valence-electron chi connectivity index (χ1n) is 23.4. The number of nitrogens with one attached hydrogen (secondary N) is 1. The fraction of sp³-hybridized carbons (Fsp3) is 0.854. The van der Waals surface area contributed by atoms with Gasteiger partial charge in [-0.3, -0.25) is 4.79 Å². The molecule has 0 fully saturated rings. The second-order valence-corrected chi connectivity index (χ2v) is 16.1. The summed E-state index contributed by atoms with van der Waals surface area (Å²) in [6.07, 6.45) is 50.5. The zero-order valence-electron chi connectivity index (χ0n) is 35.7. The summed E-state index contributed by atoms with van der Waals surface area (Å²) in [6, 6.07) is -1.01. The van der Waals surface area contributed by atoms with E-state index in [-0.39, 0.29) is 0 Å². The van der Waals surface area contributed by atoms with Crippen molar-refractivity contribution in [3.8, 4) is 0 Å². The van der Waals surface area contributed by atoms with Gasteiger partial charge in [0, 0.05) is 0 Å². The van der Waals surface area contributed by atoms with Crippen LogP contribution in [0, 0.1) is 0 Å². The number of aliphatic hydroxyl groups excluding tert-OH is 4. The number of hydrogen-bond acceptors (Lipinski definition) is 5. The summed E-state index contributed by atoms with van der Waals surface area (Å²) in [4.78, 5) is 12.5. The predicted molar refractivity (Wildman–Crippen MR) is 233 cm³/mol. The Hall–Kier alpha value is -1.47. The zero-order chi connectivity index (χ0) is 39.6. The fourth-order valence-electron chi connectivity index (χ4n) is 7.09. The molecule has 6 nitrogen and oxygen atoms in total. The van der Waals surface area contributed by atoms with Gasteiger partial charge in [-0.15, -0.1) is 0 Å². The Morgan fingerprint density at radius 2 is 0.796 bits per heavy atom. The molecule has 0 saturated carbocycles. The highest BCUT2D eigenvalue weighted by Gasteiger charge is 2.28. The van der Waals surface area contributed by atoms with Crippen molar-refractivity contribution in [2.45, 2.75) is 257 Å². The maximum atomic E-state index is 12.5. The molecule has 0 rings (SSSR count). The van der Waals surface area contributed by atoms with Crippen LogP contribution >= 0.6 is 0 Å². The second-order valence-electron chi connectivity index (χ2n) is 16.1. The van der Waals surface area contributed by atoms with E-state index >= 15 is 0 Å². The molecule has 0 aromatic heterocycles. The van der Waals surface area contributed by atoms with Gasteiger partial charge in [-0.2, -0.15) is 0 Å². The van der Waals surface area contributed by atoms with Crippen molar-refractivity contribution in [3.63, 3.8) is 0 Å². The summed E-state index contributed by atoms with van der Waals surface area (Å²) >= 11 is 0. The first kappa shape index (κ1) is 52.5. The normalized spacial score (nSPS) is 14.4. The molecule has 0 heterocycles. The first-order valence-corrected chi connectivity index (χ1v) is 23.4. The van der Waals surface area contributed by atoms with Crippen LogP contribution < -0.4 is 5.32 Å². The summed E-state index contributed by atoms with van der Waals surface area (Å²) in [6.45, 7) is 3.98. The van der Waals surface area contributed by atoms with Crippen molar-refractivity contribution in [2.24, 2.45) is 0 Å². The minimum absolute atomic E-state index is 0.362. The molecule has 318 valence electrons. The van der Waals surface area contributed by atoms with Crippen LogP contribution in [-0.4, -0.2) is 57.3 Å². The molecule has 1 amide bonds. The Labute approximate surface area is 335 Å². The average molecular weight is 762 g/mol. The van der Waals surface area contributed by atoms with Gasteiger partial charge in [0.25, 0.3) is 0 Å². The molecule has 54 heavy (non-hydrogen) atoms. The number of hydrogen-bond donors (Lipinski definition) is 5. The average Bonchev–Trinajstić information content (AvgIpc) is 3.18. The quantitative estimate of drug-likeness (QED) is 0.0314. The summed E-state index contributed by atoms with van der Waals surface area (Å²) in [5.41, 5.74) is 0. The minimum Gasteiger partial charge on any atom is -0.394 e. The van der Waals surface area contributed by atoms with Gasteiger partial charge in [0.1, 0.15) is 12.2 Å². The summed E-state index contributed by atoms with van der Waals surface area (Å²) in [7, 11) is 0. The van der Waals surface area contributed by atoms with Crippen LogP contribution in [0.5, 0.6) is 0 Å². The second kappa shape index (κ2) is 42.7. The number of allylic oxidation sites excluding steroid dienone is 6. The predicted octanol–water partition coefficient (Wildman–Crippen LogP) is 12.5. The molecule has 0 aliphatic rings. The maximum absolute atomic E-state index is 12.5. The first-order chi connectivity index (χ1) is 26.5. The third kappa shape index (κ3) is 36.2. The fourth-order valence-corrected chi connectivity index (χ4v) is 7.09. The van der Waals surface area contributed by atoms with Crippen molar-refractivity contribution in [1.29, 1.82) is 0 Å². The number of rotatable bonds is 42. The van der Waals surface area contributed by atoms with Crippen LogP contribution in [0.15, 0.2) is 36.5 Å². The number of unbranched alkanes of at least 4 members (excludes halogenated alkanes) is 27. The molecule has 0 aliphatic carbocycles. The monoisotopic (exact) mass is 762 g/mol. The molecular weight excluding hydrogens is 671 g/mol. The van der Waals surface area contributed by atoms with Crippen LogP contribution in [0.1, 0.15) is 232 Å². The zero-order valence-corrected chi connectivity index (χ0v) is 35.7.